The molecule has 3 rings (SSSR count). The molecule has 1 aromatic rings. The van der Waals surface area contributed by atoms with E-state index in [2.05, 4.69) is 52.7 Å². The first-order chi connectivity index (χ1) is 12.8. The lowest BCUT2D eigenvalue weighted by Crippen LogP contribution is -2.66. The molecule has 8 heteroatoms. The normalized spacial score (nSPS) is 20.2. The molecule has 27 heavy (non-hydrogen) atoms. The minimum absolute atomic E-state index is 0.145. The maximum absolute atomic E-state index is 12.8. The SMILES string of the molecule is CCNC(=NCc1nnc2n1CCCC2)N1CC(=O)N(C(C)C)C(C)(C)C1. The van der Waals surface area contributed by atoms with E-state index in [9.17, 15) is 4.79 Å². The molecule has 0 atom stereocenters. The molecule has 1 saturated heterocycles. The van der Waals surface area contributed by atoms with Crippen LogP contribution in [-0.4, -0.2) is 67.6 Å². The van der Waals surface area contributed by atoms with Gasteiger partial charge in [0, 0.05) is 32.1 Å². The van der Waals surface area contributed by atoms with Gasteiger partial charge in [-0.15, -0.1) is 10.2 Å². The molecule has 0 bridgehead atoms. The van der Waals surface area contributed by atoms with Crippen LogP contribution in [0.4, 0.5) is 0 Å². The summed E-state index contributed by atoms with van der Waals surface area (Å²) in [5, 5.41) is 12.0. The van der Waals surface area contributed by atoms with Gasteiger partial charge in [0.15, 0.2) is 11.8 Å². The van der Waals surface area contributed by atoms with E-state index in [1.165, 1.54) is 12.8 Å². The number of hydrogen-bond donors (Lipinski definition) is 1. The molecular formula is C19H33N7O. The fraction of sp³-hybridized carbons (Fsp3) is 0.789. The van der Waals surface area contributed by atoms with Crippen molar-refractivity contribution in [2.24, 2.45) is 4.99 Å². The van der Waals surface area contributed by atoms with E-state index >= 15 is 0 Å². The van der Waals surface area contributed by atoms with Gasteiger partial charge < -0.3 is 19.7 Å². The van der Waals surface area contributed by atoms with Crippen LogP contribution in [0.2, 0.25) is 0 Å². The molecule has 0 radical (unpaired) electrons. The molecule has 3 heterocycles. The number of hydrogen-bond acceptors (Lipinski definition) is 4. The zero-order valence-corrected chi connectivity index (χ0v) is 17.3. The summed E-state index contributed by atoms with van der Waals surface area (Å²) in [4.78, 5) is 21.6. The van der Waals surface area contributed by atoms with Crippen LogP contribution in [0.25, 0.3) is 0 Å². The van der Waals surface area contributed by atoms with Gasteiger partial charge >= 0.3 is 0 Å². The first kappa shape index (κ1) is 19.6. The number of fused-ring (bicyclic) bond motifs is 1. The van der Waals surface area contributed by atoms with Crippen molar-refractivity contribution in [2.75, 3.05) is 19.6 Å². The quantitative estimate of drug-likeness (QED) is 0.636. The molecule has 150 valence electrons. The second-order valence-corrected chi connectivity index (χ2v) is 8.34. The van der Waals surface area contributed by atoms with Crippen LogP contribution in [0.15, 0.2) is 4.99 Å². The van der Waals surface area contributed by atoms with E-state index in [1.807, 2.05) is 11.8 Å². The lowest BCUT2D eigenvalue weighted by atomic mass is 9.96. The Morgan fingerprint density at radius 2 is 2.07 bits per heavy atom. The van der Waals surface area contributed by atoms with Crippen molar-refractivity contribution < 1.29 is 4.79 Å². The third kappa shape index (κ3) is 4.09. The van der Waals surface area contributed by atoms with Crippen LogP contribution in [-0.2, 0) is 24.3 Å². The highest BCUT2D eigenvalue weighted by Gasteiger charge is 2.40. The average molecular weight is 376 g/mol. The highest BCUT2D eigenvalue weighted by Crippen LogP contribution is 2.24. The second kappa shape index (κ2) is 7.86. The van der Waals surface area contributed by atoms with Crippen LogP contribution in [0, 0.1) is 0 Å². The van der Waals surface area contributed by atoms with Crippen molar-refractivity contribution in [1.29, 1.82) is 0 Å². The smallest absolute Gasteiger partial charge is 0.242 e. The molecule has 8 nitrogen and oxygen atoms in total. The van der Waals surface area contributed by atoms with Crippen molar-refractivity contribution in [1.82, 2.24) is 29.9 Å². The van der Waals surface area contributed by atoms with Gasteiger partial charge in [0.2, 0.25) is 5.91 Å². The molecule has 0 aliphatic carbocycles. The van der Waals surface area contributed by atoms with Crippen LogP contribution < -0.4 is 5.32 Å². The van der Waals surface area contributed by atoms with Crippen LogP contribution in [0.1, 0.15) is 59.1 Å². The Hall–Kier alpha value is -2.12. The number of guanidine groups is 1. The van der Waals surface area contributed by atoms with Crippen molar-refractivity contribution in [3.63, 3.8) is 0 Å². The number of aryl methyl sites for hydroxylation is 1. The van der Waals surface area contributed by atoms with Gasteiger partial charge in [0.05, 0.1) is 12.1 Å². The number of nitrogens with one attached hydrogen (secondary N) is 1. The second-order valence-electron chi connectivity index (χ2n) is 8.34. The van der Waals surface area contributed by atoms with E-state index < -0.39 is 0 Å². The number of aromatic nitrogens is 3. The topological polar surface area (TPSA) is 78.6 Å². The van der Waals surface area contributed by atoms with Gasteiger partial charge in [-0.05, 0) is 47.5 Å². The Morgan fingerprint density at radius 1 is 1.30 bits per heavy atom. The summed E-state index contributed by atoms with van der Waals surface area (Å²) in [5.41, 5.74) is -0.242. The largest absolute Gasteiger partial charge is 0.356 e. The fourth-order valence-electron chi connectivity index (χ4n) is 4.37. The van der Waals surface area contributed by atoms with Crippen LogP contribution in [0.5, 0.6) is 0 Å². The third-order valence-electron chi connectivity index (χ3n) is 5.28. The van der Waals surface area contributed by atoms with E-state index in [0.29, 0.717) is 13.1 Å². The predicted molar refractivity (Wildman–Crippen MR) is 105 cm³/mol. The van der Waals surface area contributed by atoms with Gasteiger partial charge in [0.25, 0.3) is 0 Å². The van der Waals surface area contributed by atoms with E-state index in [0.717, 1.165) is 43.7 Å². The Labute approximate surface area is 162 Å². The lowest BCUT2D eigenvalue weighted by molar-refractivity contribution is -0.145. The Morgan fingerprint density at radius 3 is 2.74 bits per heavy atom. The maximum Gasteiger partial charge on any atom is 0.242 e. The number of carbonyl (C=O) groups is 1. The number of rotatable bonds is 4. The van der Waals surface area contributed by atoms with Crippen molar-refractivity contribution >= 4 is 11.9 Å². The predicted octanol–water partition coefficient (Wildman–Crippen LogP) is 1.41. The summed E-state index contributed by atoms with van der Waals surface area (Å²) in [5.74, 6) is 2.90. The molecule has 1 N–H and O–H groups in total. The van der Waals surface area contributed by atoms with E-state index in [4.69, 9.17) is 4.99 Å². The molecule has 0 spiro atoms. The molecule has 1 fully saturated rings. The molecule has 1 amide bonds. The molecule has 0 unspecified atom stereocenters. The lowest BCUT2D eigenvalue weighted by Gasteiger charge is -2.49. The van der Waals surface area contributed by atoms with Gasteiger partial charge in [-0.25, -0.2) is 4.99 Å². The molecule has 0 saturated carbocycles. The molecule has 0 aromatic carbocycles. The first-order valence-electron chi connectivity index (χ1n) is 10.1. The fourth-order valence-corrected chi connectivity index (χ4v) is 4.37. The highest BCUT2D eigenvalue weighted by molar-refractivity contribution is 5.88. The van der Waals surface area contributed by atoms with E-state index in [1.54, 1.807) is 0 Å². The summed E-state index contributed by atoms with van der Waals surface area (Å²) in [6.07, 6.45) is 3.35. The van der Waals surface area contributed by atoms with E-state index in [-0.39, 0.29) is 17.5 Å². The number of aliphatic imine (C=N–C) groups is 1. The number of carbonyl (C=O) groups excluding carboxylic acids is 1. The zero-order valence-electron chi connectivity index (χ0n) is 17.3. The van der Waals surface area contributed by atoms with Crippen molar-refractivity contribution in [3.8, 4) is 0 Å². The highest BCUT2D eigenvalue weighted by atomic mass is 16.2. The third-order valence-corrected chi connectivity index (χ3v) is 5.28. The summed E-state index contributed by atoms with van der Waals surface area (Å²) < 4.78 is 2.20. The molecule has 2 aliphatic heterocycles. The monoisotopic (exact) mass is 375 g/mol. The minimum atomic E-state index is -0.242. The molecule has 1 aromatic heterocycles. The van der Waals surface area contributed by atoms with Crippen LogP contribution >= 0.6 is 0 Å². The van der Waals surface area contributed by atoms with Gasteiger partial charge in [0.1, 0.15) is 12.4 Å². The van der Waals surface area contributed by atoms with Gasteiger partial charge in [-0.2, -0.15) is 0 Å². The number of amides is 1. The van der Waals surface area contributed by atoms with Gasteiger partial charge in [-0.3, -0.25) is 4.79 Å². The average Bonchev–Trinajstić information content (AvgIpc) is 3.00. The van der Waals surface area contributed by atoms with Gasteiger partial charge in [-0.1, -0.05) is 0 Å². The summed E-state index contributed by atoms with van der Waals surface area (Å²) in [7, 11) is 0. The maximum atomic E-state index is 12.8. The van der Waals surface area contributed by atoms with Crippen molar-refractivity contribution in [2.45, 2.75) is 78.6 Å². The summed E-state index contributed by atoms with van der Waals surface area (Å²) in [6, 6.07) is 0.191. The molecule has 2 aliphatic rings. The molecular weight excluding hydrogens is 342 g/mol. The Balaban J connectivity index is 1.78. The number of piperazine rings is 1. The zero-order chi connectivity index (χ0) is 19.6. The first-order valence-corrected chi connectivity index (χ1v) is 10.1. The Kier molecular flexibility index (Phi) is 5.72. The summed E-state index contributed by atoms with van der Waals surface area (Å²) in [6.45, 7) is 13.8. The van der Waals surface area contributed by atoms with Crippen LogP contribution in [0.3, 0.4) is 0 Å². The summed E-state index contributed by atoms with van der Waals surface area (Å²) >= 11 is 0. The Bertz CT molecular complexity index is 707. The standard InChI is InChI=1S/C19H33N7O/c1-6-20-18(21-11-16-23-22-15-9-7-8-10-25(15)16)24-12-17(27)26(14(2)3)19(4,5)13-24/h14H,6-13H2,1-5H3,(H,20,21). The minimum Gasteiger partial charge on any atom is -0.356 e. The van der Waals surface area contributed by atoms with Crippen molar-refractivity contribution in [3.05, 3.63) is 11.6 Å². The number of nitrogens with zero attached hydrogens (tertiary/aromatic N) is 6.